The zero-order valence-electron chi connectivity index (χ0n) is 8.09. The number of allylic oxidation sites excluding steroid dienone is 4. The van der Waals surface area contributed by atoms with Crippen LogP contribution in [0.1, 0.15) is 27.2 Å². The second kappa shape index (κ2) is 3.61. The summed E-state index contributed by atoms with van der Waals surface area (Å²) >= 11 is 0. The van der Waals surface area contributed by atoms with E-state index < -0.39 is 0 Å². The van der Waals surface area contributed by atoms with Crippen molar-refractivity contribution in [1.29, 1.82) is 0 Å². The predicted molar refractivity (Wildman–Crippen MR) is 53.6 cm³/mol. The number of hydrogen-bond donors (Lipinski definition) is 1. The zero-order chi connectivity index (χ0) is 9.14. The van der Waals surface area contributed by atoms with Crippen LogP contribution in [0, 0.1) is 5.92 Å². The van der Waals surface area contributed by atoms with Crippen molar-refractivity contribution in [2.75, 3.05) is 0 Å². The van der Waals surface area contributed by atoms with Crippen molar-refractivity contribution >= 4 is 0 Å². The van der Waals surface area contributed by atoms with E-state index in [1.165, 1.54) is 11.1 Å². The molecule has 0 aromatic rings. The maximum absolute atomic E-state index is 5.87. The van der Waals surface area contributed by atoms with Crippen LogP contribution in [0.15, 0.2) is 35.1 Å². The van der Waals surface area contributed by atoms with Gasteiger partial charge in [0.2, 0.25) is 0 Å². The minimum absolute atomic E-state index is 0.627. The first-order valence-corrected chi connectivity index (χ1v) is 4.46. The molecule has 0 fully saturated rings. The highest BCUT2D eigenvalue weighted by atomic mass is 14.6. The predicted octanol–water partition coefficient (Wildman–Crippen LogP) is 2.76. The molecular weight excluding hydrogens is 146 g/mol. The second-order valence-electron chi connectivity index (χ2n) is 3.42. The van der Waals surface area contributed by atoms with Crippen LogP contribution < -0.4 is 5.73 Å². The Morgan fingerprint density at radius 3 is 2.92 bits per heavy atom. The molecule has 1 nitrogen and oxygen atoms in total. The Labute approximate surface area is 74.7 Å². The molecule has 0 spiro atoms. The molecule has 0 heterocycles. The lowest BCUT2D eigenvalue weighted by molar-refractivity contribution is 0.721. The average Bonchev–Trinajstić information content (AvgIpc) is 2.08. The van der Waals surface area contributed by atoms with Crippen molar-refractivity contribution in [2.45, 2.75) is 27.2 Å². The summed E-state index contributed by atoms with van der Waals surface area (Å²) in [7, 11) is 0. The Morgan fingerprint density at radius 1 is 1.67 bits per heavy atom. The van der Waals surface area contributed by atoms with E-state index in [1.807, 2.05) is 6.92 Å². The molecule has 0 aromatic carbocycles. The van der Waals surface area contributed by atoms with Crippen LogP contribution in [-0.4, -0.2) is 0 Å². The monoisotopic (exact) mass is 163 g/mol. The van der Waals surface area contributed by atoms with Crippen LogP contribution in [-0.2, 0) is 0 Å². The number of hydrogen-bond acceptors (Lipinski definition) is 1. The van der Waals surface area contributed by atoms with Gasteiger partial charge in [0, 0.05) is 5.70 Å². The van der Waals surface area contributed by atoms with E-state index in [1.54, 1.807) is 0 Å². The lowest BCUT2D eigenvalue weighted by Crippen LogP contribution is -2.09. The third kappa shape index (κ3) is 1.79. The van der Waals surface area contributed by atoms with E-state index in [-0.39, 0.29) is 0 Å². The van der Waals surface area contributed by atoms with Gasteiger partial charge in [-0.2, -0.15) is 0 Å². The molecule has 0 bridgehead atoms. The maximum Gasteiger partial charge on any atom is 0.0346 e. The molecule has 1 heteroatoms. The lowest BCUT2D eigenvalue weighted by Gasteiger charge is -2.17. The summed E-state index contributed by atoms with van der Waals surface area (Å²) in [5, 5.41) is 0. The van der Waals surface area contributed by atoms with Crippen LogP contribution in [0.4, 0.5) is 0 Å². The highest BCUT2D eigenvalue weighted by Gasteiger charge is 2.10. The Hall–Kier alpha value is -0.980. The fourth-order valence-corrected chi connectivity index (χ4v) is 1.39. The molecule has 0 saturated heterocycles. The standard InChI is InChI=1S/C11H17N/c1-4-9(3)10-7-8(2)5-6-11(10)12/h4,6-8H,5,12H2,1-3H3/b9-4-. The molecule has 0 aliphatic heterocycles. The Kier molecular flexibility index (Phi) is 2.74. The van der Waals surface area contributed by atoms with Crippen molar-refractivity contribution in [3.63, 3.8) is 0 Å². The van der Waals surface area contributed by atoms with Gasteiger partial charge in [0.25, 0.3) is 0 Å². The maximum atomic E-state index is 5.87. The van der Waals surface area contributed by atoms with E-state index in [4.69, 9.17) is 5.73 Å². The highest BCUT2D eigenvalue weighted by molar-refractivity contribution is 5.45. The van der Waals surface area contributed by atoms with E-state index in [0.717, 1.165) is 12.1 Å². The molecule has 1 aliphatic rings. The summed E-state index contributed by atoms with van der Waals surface area (Å²) in [6.07, 6.45) is 7.55. The number of nitrogens with two attached hydrogens (primary N) is 1. The summed E-state index contributed by atoms with van der Waals surface area (Å²) < 4.78 is 0. The van der Waals surface area contributed by atoms with E-state index in [9.17, 15) is 0 Å². The molecule has 1 unspecified atom stereocenters. The summed E-state index contributed by atoms with van der Waals surface area (Å²) in [4.78, 5) is 0. The smallest absolute Gasteiger partial charge is 0.0346 e. The minimum Gasteiger partial charge on any atom is -0.399 e. The second-order valence-corrected chi connectivity index (χ2v) is 3.42. The van der Waals surface area contributed by atoms with Crippen LogP contribution >= 0.6 is 0 Å². The first-order chi connectivity index (χ1) is 5.65. The van der Waals surface area contributed by atoms with Gasteiger partial charge in [0.05, 0.1) is 0 Å². The van der Waals surface area contributed by atoms with Crippen molar-refractivity contribution in [1.82, 2.24) is 0 Å². The molecule has 1 atom stereocenters. The molecule has 1 aliphatic carbocycles. The molecule has 12 heavy (non-hydrogen) atoms. The van der Waals surface area contributed by atoms with Crippen LogP contribution in [0.3, 0.4) is 0 Å². The van der Waals surface area contributed by atoms with Gasteiger partial charge < -0.3 is 5.73 Å². The molecular formula is C11H17N. The van der Waals surface area contributed by atoms with Crippen molar-refractivity contribution in [2.24, 2.45) is 11.7 Å². The quantitative estimate of drug-likeness (QED) is 0.632. The molecule has 1 rings (SSSR count). The van der Waals surface area contributed by atoms with Crippen molar-refractivity contribution in [3.8, 4) is 0 Å². The normalized spacial score (nSPS) is 24.9. The molecule has 0 amide bonds. The Balaban J connectivity index is 2.94. The van der Waals surface area contributed by atoms with Crippen LogP contribution in [0.25, 0.3) is 0 Å². The molecule has 0 aromatic heterocycles. The van der Waals surface area contributed by atoms with Crippen molar-refractivity contribution in [3.05, 3.63) is 35.1 Å². The van der Waals surface area contributed by atoms with Gasteiger partial charge in [0.1, 0.15) is 0 Å². The van der Waals surface area contributed by atoms with Gasteiger partial charge in [-0.05, 0) is 37.3 Å². The molecule has 66 valence electrons. The number of rotatable bonds is 1. The lowest BCUT2D eigenvalue weighted by atomic mass is 9.92. The van der Waals surface area contributed by atoms with Crippen molar-refractivity contribution < 1.29 is 0 Å². The van der Waals surface area contributed by atoms with Crippen LogP contribution in [0.5, 0.6) is 0 Å². The fraction of sp³-hybridized carbons (Fsp3) is 0.455. The van der Waals surface area contributed by atoms with Gasteiger partial charge >= 0.3 is 0 Å². The summed E-state index contributed by atoms with van der Waals surface area (Å²) in [5.74, 6) is 0.627. The average molecular weight is 163 g/mol. The Bertz CT molecular complexity index is 250. The first kappa shape index (κ1) is 9.11. The van der Waals surface area contributed by atoms with E-state index in [2.05, 4.69) is 32.1 Å². The highest BCUT2D eigenvalue weighted by Crippen LogP contribution is 2.24. The SMILES string of the molecule is C/C=C(/C)C1=CC(C)CC=C1N. The van der Waals surface area contributed by atoms with E-state index in [0.29, 0.717) is 5.92 Å². The summed E-state index contributed by atoms with van der Waals surface area (Å²) in [6.45, 7) is 6.36. The largest absolute Gasteiger partial charge is 0.399 e. The summed E-state index contributed by atoms with van der Waals surface area (Å²) in [6, 6.07) is 0. The fourth-order valence-electron chi connectivity index (χ4n) is 1.39. The third-order valence-electron chi connectivity index (χ3n) is 2.33. The van der Waals surface area contributed by atoms with E-state index >= 15 is 0 Å². The Morgan fingerprint density at radius 2 is 2.33 bits per heavy atom. The minimum atomic E-state index is 0.627. The van der Waals surface area contributed by atoms with Gasteiger partial charge in [0.15, 0.2) is 0 Å². The molecule has 2 N–H and O–H groups in total. The van der Waals surface area contributed by atoms with Gasteiger partial charge in [-0.25, -0.2) is 0 Å². The molecule has 0 radical (unpaired) electrons. The molecule has 0 saturated carbocycles. The van der Waals surface area contributed by atoms with Gasteiger partial charge in [-0.15, -0.1) is 0 Å². The first-order valence-electron chi connectivity index (χ1n) is 4.46. The van der Waals surface area contributed by atoms with Gasteiger partial charge in [-0.1, -0.05) is 25.2 Å². The van der Waals surface area contributed by atoms with Crippen LogP contribution in [0.2, 0.25) is 0 Å². The summed E-state index contributed by atoms with van der Waals surface area (Å²) in [5.41, 5.74) is 9.30. The van der Waals surface area contributed by atoms with Gasteiger partial charge in [-0.3, -0.25) is 0 Å². The topological polar surface area (TPSA) is 26.0 Å². The third-order valence-corrected chi connectivity index (χ3v) is 2.33. The zero-order valence-corrected chi connectivity index (χ0v) is 8.09.